The molecule has 4 heteroatoms. The summed E-state index contributed by atoms with van der Waals surface area (Å²) >= 11 is 0. The summed E-state index contributed by atoms with van der Waals surface area (Å²) in [6.07, 6.45) is 4.65. The van der Waals surface area contributed by atoms with Crippen LogP contribution in [0.1, 0.15) is 46.0 Å². The predicted octanol–water partition coefficient (Wildman–Crippen LogP) is 2.13. The first-order chi connectivity index (χ1) is 8.17. The van der Waals surface area contributed by atoms with Gasteiger partial charge in [-0.1, -0.05) is 20.3 Å². The number of carboxylic acid groups (broad SMARTS) is 1. The van der Waals surface area contributed by atoms with Crippen LogP contribution in [0, 0.1) is 0 Å². The average molecular weight is 243 g/mol. The molecule has 1 rings (SSSR count). The molecule has 0 saturated carbocycles. The maximum Gasteiger partial charge on any atom is 0.324 e. The summed E-state index contributed by atoms with van der Waals surface area (Å²) in [5, 5.41) is 9.39. The van der Waals surface area contributed by atoms with Crippen molar-refractivity contribution in [3.05, 3.63) is 0 Å². The van der Waals surface area contributed by atoms with Crippen LogP contribution < -0.4 is 0 Å². The minimum absolute atomic E-state index is 0.631. The molecule has 1 aliphatic heterocycles. The second-order valence-electron chi connectivity index (χ2n) is 4.75. The Labute approximate surface area is 104 Å². The molecule has 1 N–H and O–H groups in total. The lowest BCUT2D eigenvalue weighted by Gasteiger charge is -2.33. The van der Waals surface area contributed by atoms with Gasteiger partial charge in [0.2, 0.25) is 0 Å². The van der Waals surface area contributed by atoms with E-state index in [1.54, 1.807) is 0 Å². The van der Waals surface area contributed by atoms with Crippen molar-refractivity contribution in [2.24, 2.45) is 0 Å². The van der Waals surface area contributed by atoms with Crippen molar-refractivity contribution in [1.29, 1.82) is 0 Å². The van der Waals surface area contributed by atoms with Gasteiger partial charge in [-0.2, -0.15) is 0 Å². The van der Waals surface area contributed by atoms with Gasteiger partial charge in [-0.25, -0.2) is 0 Å². The van der Waals surface area contributed by atoms with E-state index in [2.05, 4.69) is 11.8 Å². The monoisotopic (exact) mass is 243 g/mol. The summed E-state index contributed by atoms with van der Waals surface area (Å²) in [5.74, 6) is -0.675. The highest BCUT2D eigenvalue weighted by Crippen LogP contribution is 2.32. The van der Waals surface area contributed by atoms with E-state index in [4.69, 9.17) is 4.74 Å². The first-order valence-corrected chi connectivity index (χ1v) is 6.73. The van der Waals surface area contributed by atoms with E-state index in [1.807, 2.05) is 6.92 Å². The Morgan fingerprint density at radius 2 is 2.18 bits per heavy atom. The van der Waals surface area contributed by atoms with Crippen molar-refractivity contribution >= 4 is 5.97 Å². The highest BCUT2D eigenvalue weighted by atomic mass is 16.5. The van der Waals surface area contributed by atoms with Gasteiger partial charge in [-0.3, -0.25) is 9.69 Å². The maximum absolute atomic E-state index is 11.4. The van der Waals surface area contributed by atoms with Crippen molar-refractivity contribution in [2.75, 3.05) is 26.3 Å². The van der Waals surface area contributed by atoms with Crippen LogP contribution in [0.3, 0.4) is 0 Å². The molecular formula is C13H25NO3. The van der Waals surface area contributed by atoms with Gasteiger partial charge in [-0.05, 0) is 32.2 Å². The van der Waals surface area contributed by atoms with E-state index < -0.39 is 11.5 Å². The van der Waals surface area contributed by atoms with Gasteiger partial charge in [0.25, 0.3) is 0 Å². The Kier molecular flexibility index (Phi) is 5.92. The van der Waals surface area contributed by atoms with Crippen molar-refractivity contribution in [1.82, 2.24) is 4.90 Å². The molecule has 0 bridgehead atoms. The van der Waals surface area contributed by atoms with Gasteiger partial charge in [-0.15, -0.1) is 0 Å². The molecule has 4 nitrogen and oxygen atoms in total. The lowest BCUT2D eigenvalue weighted by molar-refractivity contribution is -0.150. The normalized spacial score (nSPS) is 25.3. The Hall–Kier alpha value is -0.610. The number of hydrogen-bond donors (Lipinski definition) is 1. The molecule has 100 valence electrons. The van der Waals surface area contributed by atoms with Crippen LogP contribution in [-0.2, 0) is 9.53 Å². The lowest BCUT2D eigenvalue weighted by atomic mass is 9.93. The van der Waals surface area contributed by atoms with E-state index in [0.717, 1.165) is 45.4 Å². The SMILES string of the molecule is CCCCOCCN1CCCC1(CC)C(=O)O. The Morgan fingerprint density at radius 3 is 2.76 bits per heavy atom. The fourth-order valence-corrected chi connectivity index (χ4v) is 2.58. The lowest BCUT2D eigenvalue weighted by Crippen LogP contribution is -2.51. The van der Waals surface area contributed by atoms with Crippen molar-refractivity contribution < 1.29 is 14.6 Å². The molecule has 1 atom stereocenters. The van der Waals surface area contributed by atoms with Gasteiger partial charge >= 0.3 is 5.97 Å². The third-order valence-corrected chi connectivity index (χ3v) is 3.75. The number of nitrogens with zero attached hydrogens (tertiary/aromatic N) is 1. The minimum Gasteiger partial charge on any atom is -0.480 e. The number of rotatable bonds is 8. The summed E-state index contributed by atoms with van der Waals surface area (Å²) in [5.41, 5.74) is -0.631. The minimum atomic E-state index is -0.675. The van der Waals surface area contributed by atoms with Crippen LogP contribution >= 0.6 is 0 Å². The molecule has 1 fully saturated rings. The molecule has 1 unspecified atom stereocenters. The number of aliphatic carboxylic acids is 1. The van der Waals surface area contributed by atoms with Crippen LogP contribution in [0.15, 0.2) is 0 Å². The Bertz CT molecular complexity index is 245. The van der Waals surface area contributed by atoms with E-state index in [-0.39, 0.29) is 0 Å². The summed E-state index contributed by atoms with van der Waals surface area (Å²) in [4.78, 5) is 13.5. The van der Waals surface area contributed by atoms with Gasteiger partial charge in [0, 0.05) is 13.2 Å². The fourth-order valence-electron chi connectivity index (χ4n) is 2.58. The summed E-state index contributed by atoms with van der Waals surface area (Å²) in [6.45, 7) is 7.16. The number of carboxylic acids is 1. The average Bonchev–Trinajstić information content (AvgIpc) is 2.73. The molecule has 0 aromatic heterocycles. The molecule has 1 aliphatic rings. The number of carbonyl (C=O) groups is 1. The Morgan fingerprint density at radius 1 is 1.41 bits per heavy atom. The van der Waals surface area contributed by atoms with Crippen molar-refractivity contribution in [3.8, 4) is 0 Å². The van der Waals surface area contributed by atoms with Crippen LogP contribution in [0.4, 0.5) is 0 Å². The fraction of sp³-hybridized carbons (Fsp3) is 0.923. The zero-order valence-electron chi connectivity index (χ0n) is 11.1. The molecule has 1 saturated heterocycles. The van der Waals surface area contributed by atoms with E-state index in [1.165, 1.54) is 0 Å². The smallest absolute Gasteiger partial charge is 0.324 e. The maximum atomic E-state index is 11.4. The zero-order chi connectivity index (χ0) is 12.7. The Balaban J connectivity index is 2.38. The summed E-state index contributed by atoms with van der Waals surface area (Å²) < 4.78 is 5.52. The first kappa shape index (κ1) is 14.5. The first-order valence-electron chi connectivity index (χ1n) is 6.73. The van der Waals surface area contributed by atoms with Crippen LogP contribution in [0.5, 0.6) is 0 Å². The molecule has 17 heavy (non-hydrogen) atoms. The molecule has 0 amide bonds. The van der Waals surface area contributed by atoms with Gasteiger partial charge < -0.3 is 9.84 Å². The number of unbranched alkanes of at least 4 members (excludes halogenated alkanes) is 1. The topological polar surface area (TPSA) is 49.8 Å². The van der Waals surface area contributed by atoms with E-state index in [0.29, 0.717) is 13.0 Å². The molecule has 0 aromatic rings. The number of hydrogen-bond acceptors (Lipinski definition) is 3. The molecule has 0 spiro atoms. The van der Waals surface area contributed by atoms with E-state index >= 15 is 0 Å². The highest BCUT2D eigenvalue weighted by molar-refractivity contribution is 5.79. The quantitative estimate of drug-likeness (QED) is 0.663. The van der Waals surface area contributed by atoms with Gasteiger partial charge in [0.05, 0.1) is 6.61 Å². The molecule has 0 radical (unpaired) electrons. The number of ether oxygens (including phenoxy) is 1. The summed E-state index contributed by atoms with van der Waals surface area (Å²) in [7, 11) is 0. The largest absolute Gasteiger partial charge is 0.480 e. The van der Waals surface area contributed by atoms with Crippen molar-refractivity contribution in [3.63, 3.8) is 0 Å². The van der Waals surface area contributed by atoms with Gasteiger partial charge in [0.1, 0.15) is 5.54 Å². The van der Waals surface area contributed by atoms with Crippen molar-refractivity contribution in [2.45, 2.75) is 51.5 Å². The third kappa shape index (κ3) is 3.42. The molecule has 0 aliphatic carbocycles. The molecular weight excluding hydrogens is 218 g/mol. The zero-order valence-corrected chi connectivity index (χ0v) is 11.1. The standard InChI is InChI=1S/C13H25NO3/c1-3-5-10-17-11-9-14-8-6-7-13(14,4-2)12(15)16/h3-11H2,1-2H3,(H,15,16). The van der Waals surface area contributed by atoms with E-state index in [9.17, 15) is 9.90 Å². The van der Waals surface area contributed by atoms with Crippen LogP contribution in [0.2, 0.25) is 0 Å². The third-order valence-electron chi connectivity index (χ3n) is 3.75. The molecule has 1 heterocycles. The highest BCUT2D eigenvalue weighted by Gasteiger charge is 2.45. The predicted molar refractivity (Wildman–Crippen MR) is 67.2 cm³/mol. The number of likely N-dealkylation sites (tertiary alicyclic amines) is 1. The van der Waals surface area contributed by atoms with Crippen LogP contribution in [-0.4, -0.2) is 47.8 Å². The second-order valence-corrected chi connectivity index (χ2v) is 4.75. The molecule has 0 aromatic carbocycles. The summed E-state index contributed by atoms with van der Waals surface area (Å²) in [6, 6.07) is 0. The second kappa shape index (κ2) is 6.97. The van der Waals surface area contributed by atoms with Crippen LogP contribution in [0.25, 0.3) is 0 Å². The van der Waals surface area contributed by atoms with Gasteiger partial charge in [0.15, 0.2) is 0 Å².